The Kier molecular flexibility index (Phi) is 5.18. The summed E-state index contributed by atoms with van der Waals surface area (Å²) in [4.78, 5) is 14.9. The molecule has 0 fully saturated rings. The van der Waals surface area contributed by atoms with E-state index in [9.17, 15) is 13.6 Å². The number of nitriles is 1. The molecule has 19 heavy (non-hydrogen) atoms. The molecule has 7 heteroatoms. The van der Waals surface area contributed by atoms with Crippen molar-refractivity contribution in [3.8, 4) is 11.8 Å². The van der Waals surface area contributed by atoms with E-state index in [1.807, 2.05) is 0 Å². The van der Waals surface area contributed by atoms with Crippen LogP contribution in [-0.2, 0) is 16.0 Å². The Balaban J connectivity index is 3.28. The first kappa shape index (κ1) is 14.8. The standard InChI is InChI=1S/C12H12F2N2O3/c1-3-19-10(17)4-7-8(5-15)11(12(13)14)16-6-9(7)18-2/h6,12H,3-4H2,1-2H3. The van der Waals surface area contributed by atoms with Gasteiger partial charge in [-0.05, 0) is 6.92 Å². The molecule has 102 valence electrons. The number of rotatable bonds is 5. The molecule has 0 aliphatic carbocycles. The van der Waals surface area contributed by atoms with Gasteiger partial charge in [0.2, 0.25) is 0 Å². The third kappa shape index (κ3) is 3.37. The molecule has 1 aromatic rings. The van der Waals surface area contributed by atoms with Crippen LogP contribution in [0.15, 0.2) is 6.20 Å². The van der Waals surface area contributed by atoms with E-state index < -0.39 is 18.1 Å². The predicted molar refractivity (Wildman–Crippen MR) is 60.8 cm³/mol. The van der Waals surface area contributed by atoms with Gasteiger partial charge in [-0.2, -0.15) is 5.26 Å². The van der Waals surface area contributed by atoms with Crippen LogP contribution in [0.25, 0.3) is 0 Å². The van der Waals surface area contributed by atoms with Gasteiger partial charge in [-0.1, -0.05) is 0 Å². The Bertz CT molecular complexity index is 512. The number of alkyl halides is 2. The third-order valence-corrected chi connectivity index (χ3v) is 2.34. The molecule has 0 saturated carbocycles. The van der Waals surface area contributed by atoms with Crippen LogP contribution in [0.2, 0.25) is 0 Å². The summed E-state index contributed by atoms with van der Waals surface area (Å²) in [5.74, 6) is -0.516. The molecule has 0 spiro atoms. The zero-order chi connectivity index (χ0) is 14.4. The first-order valence-electron chi connectivity index (χ1n) is 5.44. The molecule has 1 heterocycles. The van der Waals surface area contributed by atoms with Crippen molar-refractivity contribution in [2.75, 3.05) is 13.7 Å². The molecule has 1 rings (SSSR count). The molecule has 0 aliphatic heterocycles. The highest BCUT2D eigenvalue weighted by Crippen LogP contribution is 2.29. The van der Waals surface area contributed by atoms with Crippen LogP contribution in [0.4, 0.5) is 8.78 Å². The Hall–Kier alpha value is -2.23. The van der Waals surface area contributed by atoms with Gasteiger partial charge in [-0.3, -0.25) is 4.79 Å². The zero-order valence-corrected chi connectivity index (χ0v) is 10.4. The number of pyridine rings is 1. The topological polar surface area (TPSA) is 72.2 Å². The van der Waals surface area contributed by atoms with Gasteiger partial charge in [0, 0.05) is 5.56 Å². The zero-order valence-electron chi connectivity index (χ0n) is 10.4. The molecule has 0 amide bonds. The van der Waals surface area contributed by atoms with Crippen molar-refractivity contribution in [1.82, 2.24) is 4.98 Å². The second-order valence-corrected chi connectivity index (χ2v) is 3.46. The molecule has 5 nitrogen and oxygen atoms in total. The number of aromatic nitrogens is 1. The van der Waals surface area contributed by atoms with E-state index in [2.05, 4.69) is 4.98 Å². The van der Waals surface area contributed by atoms with Crippen molar-refractivity contribution in [2.45, 2.75) is 19.8 Å². The van der Waals surface area contributed by atoms with E-state index in [0.717, 1.165) is 6.20 Å². The lowest BCUT2D eigenvalue weighted by atomic mass is 10.0. The Morgan fingerprint density at radius 3 is 2.74 bits per heavy atom. The quantitative estimate of drug-likeness (QED) is 0.765. The van der Waals surface area contributed by atoms with E-state index >= 15 is 0 Å². The average molecular weight is 270 g/mol. The lowest BCUT2D eigenvalue weighted by Gasteiger charge is -2.12. The van der Waals surface area contributed by atoms with E-state index in [1.165, 1.54) is 7.11 Å². The maximum atomic E-state index is 12.7. The Labute approximate surface area is 108 Å². The lowest BCUT2D eigenvalue weighted by molar-refractivity contribution is -0.142. The van der Waals surface area contributed by atoms with Gasteiger partial charge in [0.1, 0.15) is 17.5 Å². The van der Waals surface area contributed by atoms with Gasteiger partial charge in [0.05, 0.1) is 31.9 Å². The van der Waals surface area contributed by atoms with Crippen molar-refractivity contribution in [2.24, 2.45) is 0 Å². The normalized spacial score (nSPS) is 10.1. The number of halogens is 2. The van der Waals surface area contributed by atoms with Crippen LogP contribution in [0.5, 0.6) is 5.75 Å². The van der Waals surface area contributed by atoms with Gasteiger partial charge >= 0.3 is 5.97 Å². The minimum absolute atomic E-state index is 0.0637. The fraction of sp³-hybridized carbons (Fsp3) is 0.417. The highest BCUT2D eigenvalue weighted by molar-refractivity contribution is 5.75. The predicted octanol–water partition coefficient (Wildman–Crippen LogP) is 2.01. The van der Waals surface area contributed by atoms with Crippen LogP contribution in [0.3, 0.4) is 0 Å². The van der Waals surface area contributed by atoms with E-state index in [0.29, 0.717) is 0 Å². The van der Waals surface area contributed by atoms with Crippen LogP contribution >= 0.6 is 0 Å². The maximum absolute atomic E-state index is 12.7. The smallest absolute Gasteiger partial charge is 0.310 e. The summed E-state index contributed by atoms with van der Waals surface area (Å²) in [6, 6.07) is 1.64. The molecule has 0 unspecified atom stereocenters. The summed E-state index contributed by atoms with van der Waals surface area (Å²) < 4.78 is 35.2. The fourth-order valence-electron chi connectivity index (χ4n) is 1.55. The molecule has 0 aliphatic rings. The Morgan fingerprint density at radius 2 is 2.26 bits per heavy atom. The largest absolute Gasteiger partial charge is 0.495 e. The van der Waals surface area contributed by atoms with Gasteiger partial charge in [-0.25, -0.2) is 13.8 Å². The number of ether oxygens (including phenoxy) is 2. The number of carbonyl (C=O) groups excluding carboxylic acids is 1. The Morgan fingerprint density at radius 1 is 1.58 bits per heavy atom. The number of hydrogen-bond donors (Lipinski definition) is 0. The van der Waals surface area contributed by atoms with Crippen molar-refractivity contribution in [1.29, 1.82) is 5.26 Å². The van der Waals surface area contributed by atoms with Crippen molar-refractivity contribution in [3.63, 3.8) is 0 Å². The van der Waals surface area contributed by atoms with Crippen molar-refractivity contribution < 1.29 is 23.0 Å². The molecule has 1 aromatic heterocycles. The molecule has 0 radical (unpaired) electrons. The molecular formula is C12H12F2N2O3. The highest BCUT2D eigenvalue weighted by atomic mass is 19.3. The van der Waals surface area contributed by atoms with E-state index in [1.54, 1.807) is 13.0 Å². The van der Waals surface area contributed by atoms with E-state index in [-0.39, 0.29) is 29.9 Å². The van der Waals surface area contributed by atoms with Crippen molar-refractivity contribution in [3.05, 3.63) is 23.0 Å². The van der Waals surface area contributed by atoms with Crippen LogP contribution in [0.1, 0.15) is 30.2 Å². The van der Waals surface area contributed by atoms with Crippen LogP contribution in [-0.4, -0.2) is 24.7 Å². The van der Waals surface area contributed by atoms with Crippen molar-refractivity contribution >= 4 is 5.97 Å². The summed E-state index contributed by atoms with van der Waals surface area (Å²) >= 11 is 0. The molecule has 0 saturated heterocycles. The van der Waals surface area contributed by atoms with E-state index in [4.69, 9.17) is 14.7 Å². The van der Waals surface area contributed by atoms with Crippen LogP contribution in [0, 0.1) is 11.3 Å². The number of esters is 1. The minimum Gasteiger partial charge on any atom is -0.495 e. The number of methoxy groups -OCH3 is 1. The maximum Gasteiger partial charge on any atom is 0.310 e. The van der Waals surface area contributed by atoms with Gasteiger partial charge in [0.15, 0.2) is 0 Å². The number of carbonyl (C=O) groups is 1. The third-order valence-electron chi connectivity index (χ3n) is 2.34. The highest BCUT2D eigenvalue weighted by Gasteiger charge is 2.23. The fourth-order valence-corrected chi connectivity index (χ4v) is 1.55. The summed E-state index contributed by atoms with van der Waals surface area (Å²) in [6.45, 7) is 1.79. The van der Waals surface area contributed by atoms with Gasteiger partial charge in [-0.15, -0.1) is 0 Å². The molecule has 0 aromatic carbocycles. The van der Waals surface area contributed by atoms with Gasteiger partial charge < -0.3 is 9.47 Å². The molecular weight excluding hydrogens is 258 g/mol. The summed E-state index contributed by atoms with van der Waals surface area (Å²) in [6.07, 6.45) is -2.15. The van der Waals surface area contributed by atoms with Crippen LogP contribution < -0.4 is 4.74 Å². The first-order valence-corrected chi connectivity index (χ1v) is 5.44. The summed E-state index contributed by atoms with van der Waals surface area (Å²) in [5.41, 5.74) is -0.946. The summed E-state index contributed by atoms with van der Waals surface area (Å²) in [5, 5.41) is 8.98. The summed E-state index contributed by atoms with van der Waals surface area (Å²) in [7, 11) is 1.30. The van der Waals surface area contributed by atoms with Gasteiger partial charge in [0.25, 0.3) is 6.43 Å². The molecule has 0 atom stereocenters. The minimum atomic E-state index is -2.90. The second kappa shape index (κ2) is 6.64. The number of nitrogens with zero attached hydrogens (tertiary/aromatic N) is 2. The SMILES string of the molecule is CCOC(=O)Cc1c(OC)cnc(C(F)F)c1C#N. The first-order chi connectivity index (χ1) is 9.04. The average Bonchev–Trinajstić information content (AvgIpc) is 2.38. The molecule has 0 N–H and O–H groups in total. The monoisotopic (exact) mass is 270 g/mol. The lowest BCUT2D eigenvalue weighted by Crippen LogP contribution is -2.12. The molecule has 0 bridgehead atoms. The second-order valence-electron chi connectivity index (χ2n) is 3.46. The number of hydrogen-bond acceptors (Lipinski definition) is 5.